The van der Waals surface area contributed by atoms with Gasteiger partial charge in [0.05, 0.1) is 16.8 Å². The zero-order valence-electron chi connectivity index (χ0n) is 14.1. The Morgan fingerprint density at radius 2 is 1.92 bits per heavy atom. The van der Waals surface area contributed by atoms with Gasteiger partial charge in [-0.15, -0.1) is 0 Å². The van der Waals surface area contributed by atoms with Gasteiger partial charge < -0.3 is 9.64 Å². The lowest BCUT2D eigenvalue weighted by molar-refractivity contribution is 0.0309. The number of rotatable bonds is 6. The molecule has 24 heavy (non-hydrogen) atoms. The first-order valence-corrected chi connectivity index (χ1v) is 8.89. The van der Waals surface area contributed by atoms with Crippen LogP contribution in [-0.2, 0) is 4.74 Å². The average molecular weight is 346 g/mol. The predicted molar refractivity (Wildman–Crippen MR) is 98.7 cm³/mol. The standard InChI is InChI=1S/C19H24ClN3O/c1-2-24-19(16-6-5-9-21-14-16)15-22-10-12-23(13-11-22)18-8-4-3-7-17(18)20/h3-9,14,19H,2,10-13,15H2,1H3. The molecular weight excluding hydrogens is 322 g/mol. The first kappa shape index (κ1) is 17.2. The molecule has 2 aromatic rings. The lowest BCUT2D eigenvalue weighted by Crippen LogP contribution is -2.47. The minimum absolute atomic E-state index is 0.0792. The Balaban J connectivity index is 1.59. The van der Waals surface area contributed by atoms with E-state index in [0.29, 0.717) is 6.61 Å². The van der Waals surface area contributed by atoms with Crippen molar-refractivity contribution in [1.82, 2.24) is 9.88 Å². The summed E-state index contributed by atoms with van der Waals surface area (Å²) in [5, 5.41) is 0.827. The van der Waals surface area contributed by atoms with E-state index in [1.54, 1.807) is 6.20 Å². The number of hydrogen-bond acceptors (Lipinski definition) is 4. The second-order valence-corrected chi connectivity index (χ2v) is 6.38. The van der Waals surface area contributed by atoms with Gasteiger partial charge in [0, 0.05) is 57.3 Å². The van der Waals surface area contributed by atoms with Crippen molar-refractivity contribution in [2.75, 3.05) is 44.2 Å². The van der Waals surface area contributed by atoms with Crippen LogP contribution in [0.25, 0.3) is 0 Å². The van der Waals surface area contributed by atoms with Gasteiger partial charge in [-0.05, 0) is 25.1 Å². The summed E-state index contributed by atoms with van der Waals surface area (Å²) < 4.78 is 5.94. The highest BCUT2D eigenvalue weighted by molar-refractivity contribution is 6.33. The van der Waals surface area contributed by atoms with Crippen molar-refractivity contribution in [3.05, 3.63) is 59.4 Å². The van der Waals surface area contributed by atoms with Gasteiger partial charge in [-0.1, -0.05) is 29.8 Å². The van der Waals surface area contributed by atoms with E-state index in [0.717, 1.165) is 49.0 Å². The zero-order chi connectivity index (χ0) is 16.8. The second kappa shape index (κ2) is 8.47. The SMILES string of the molecule is CCOC(CN1CCN(c2ccccc2Cl)CC1)c1cccnc1. The van der Waals surface area contributed by atoms with Gasteiger partial charge in [-0.2, -0.15) is 0 Å². The predicted octanol–water partition coefficient (Wildman–Crippen LogP) is 3.63. The third-order valence-corrected chi connectivity index (χ3v) is 4.73. The Morgan fingerprint density at radius 1 is 1.12 bits per heavy atom. The lowest BCUT2D eigenvalue weighted by atomic mass is 10.1. The number of anilines is 1. The first-order valence-electron chi connectivity index (χ1n) is 8.51. The first-order chi connectivity index (χ1) is 11.8. The number of nitrogens with zero attached hydrogens (tertiary/aromatic N) is 3. The minimum Gasteiger partial charge on any atom is -0.372 e. The molecule has 5 heteroatoms. The molecule has 0 amide bonds. The summed E-state index contributed by atoms with van der Waals surface area (Å²) in [6.07, 6.45) is 3.78. The minimum atomic E-state index is 0.0792. The van der Waals surface area contributed by atoms with Crippen LogP contribution in [-0.4, -0.2) is 49.2 Å². The van der Waals surface area contributed by atoms with Crippen molar-refractivity contribution < 1.29 is 4.74 Å². The van der Waals surface area contributed by atoms with Crippen LogP contribution >= 0.6 is 11.6 Å². The fourth-order valence-electron chi connectivity index (χ4n) is 3.14. The van der Waals surface area contributed by atoms with E-state index < -0.39 is 0 Å². The van der Waals surface area contributed by atoms with Gasteiger partial charge in [-0.3, -0.25) is 9.88 Å². The Bertz CT molecular complexity index is 630. The summed E-state index contributed by atoms with van der Waals surface area (Å²) in [6, 6.07) is 12.1. The number of piperazine rings is 1. The van der Waals surface area contributed by atoms with Gasteiger partial charge >= 0.3 is 0 Å². The average Bonchev–Trinajstić information content (AvgIpc) is 2.63. The van der Waals surface area contributed by atoms with E-state index in [1.807, 2.05) is 37.4 Å². The highest BCUT2D eigenvalue weighted by Gasteiger charge is 2.22. The molecule has 1 aromatic carbocycles. The topological polar surface area (TPSA) is 28.6 Å². The Hall–Kier alpha value is -1.62. The van der Waals surface area contributed by atoms with E-state index in [1.165, 1.54) is 0 Å². The highest BCUT2D eigenvalue weighted by atomic mass is 35.5. The Kier molecular flexibility index (Phi) is 6.07. The van der Waals surface area contributed by atoms with Crippen LogP contribution in [0.1, 0.15) is 18.6 Å². The van der Waals surface area contributed by atoms with Gasteiger partial charge in [0.25, 0.3) is 0 Å². The van der Waals surface area contributed by atoms with Crippen molar-refractivity contribution in [2.24, 2.45) is 0 Å². The molecule has 1 aliphatic rings. The van der Waals surface area contributed by atoms with Crippen LogP contribution in [0, 0.1) is 0 Å². The summed E-state index contributed by atoms with van der Waals surface area (Å²) in [7, 11) is 0. The number of pyridine rings is 1. The highest BCUT2D eigenvalue weighted by Crippen LogP contribution is 2.26. The molecule has 0 spiro atoms. The van der Waals surface area contributed by atoms with Crippen molar-refractivity contribution >= 4 is 17.3 Å². The molecule has 1 fully saturated rings. The maximum absolute atomic E-state index is 6.32. The van der Waals surface area contributed by atoms with E-state index in [9.17, 15) is 0 Å². The molecule has 2 heterocycles. The van der Waals surface area contributed by atoms with Crippen molar-refractivity contribution in [3.63, 3.8) is 0 Å². The number of ether oxygens (including phenoxy) is 1. The van der Waals surface area contributed by atoms with Gasteiger partial charge in [0.15, 0.2) is 0 Å². The Labute approximate surface area is 149 Å². The molecule has 0 N–H and O–H groups in total. The largest absolute Gasteiger partial charge is 0.372 e. The van der Waals surface area contributed by atoms with Crippen molar-refractivity contribution in [1.29, 1.82) is 0 Å². The summed E-state index contributed by atoms with van der Waals surface area (Å²) in [4.78, 5) is 9.04. The van der Waals surface area contributed by atoms with E-state index in [-0.39, 0.29) is 6.10 Å². The molecule has 4 nitrogen and oxygen atoms in total. The fraction of sp³-hybridized carbons (Fsp3) is 0.421. The fourth-order valence-corrected chi connectivity index (χ4v) is 3.39. The third kappa shape index (κ3) is 4.26. The maximum Gasteiger partial charge on any atom is 0.0966 e. The molecule has 128 valence electrons. The summed E-state index contributed by atoms with van der Waals surface area (Å²) in [6.45, 7) is 7.63. The van der Waals surface area contributed by atoms with Gasteiger partial charge in [0.2, 0.25) is 0 Å². The lowest BCUT2D eigenvalue weighted by Gasteiger charge is -2.37. The quantitative estimate of drug-likeness (QED) is 0.799. The van der Waals surface area contributed by atoms with E-state index in [4.69, 9.17) is 16.3 Å². The van der Waals surface area contributed by atoms with E-state index >= 15 is 0 Å². The third-order valence-electron chi connectivity index (χ3n) is 4.41. The molecule has 1 aliphatic heterocycles. The van der Waals surface area contributed by atoms with Gasteiger partial charge in [0.1, 0.15) is 0 Å². The Morgan fingerprint density at radius 3 is 2.58 bits per heavy atom. The molecular formula is C19H24ClN3O. The molecule has 1 saturated heterocycles. The van der Waals surface area contributed by atoms with Crippen LogP contribution in [0.4, 0.5) is 5.69 Å². The number of benzene rings is 1. The van der Waals surface area contributed by atoms with Crippen LogP contribution in [0.5, 0.6) is 0 Å². The van der Waals surface area contributed by atoms with Crippen LogP contribution in [0.3, 0.4) is 0 Å². The van der Waals surface area contributed by atoms with Crippen molar-refractivity contribution in [2.45, 2.75) is 13.0 Å². The number of halogens is 1. The summed E-state index contributed by atoms with van der Waals surface area (Å²) in [5.74, 6) is 0. The summed E-state index contributed by atoms with van der Waals surface area (Å²) in [5.41, 5.74) is 2.28. The molecule has 0 bridgehead atoms. The van der Waals surface area contributed by atoms with Gasteiger partial charge in [-0.25, -0.2) is 0 Å². The van der Waals surface area contributed by atoms with E-state index in [2.05, 4.69) is 26.9 Å². The maximum atomic E-state index is 6.32. The molecule has 0 aliphatic carbocycles. The number of aromatic nitrogens is 1. The number of para-hydroxylation sites is 1. The molecule has 0 saturated carbocycles. The monoisotopic (exact) mass is 345 g/mol. The van der Waals surface area contributed by atoms with Crippen molar-refractivity contribution in [3.8, 4) is 0 Å². The second-order valence-electron chi connectivity index (χ2n) is 5.97. The van der Waals surface area contributed by atoms with Crippen LogP contribution < -0.4 is 4.90 Å². The summed E-state index contributed by atoms with van der Waals surface area (Å²) >= 11 is 6.32. The zero-order valence-corrected chi connectivity index (χ0v) is 14.8. The smallest absolute Gasteiger partial charge is 0.0966 e. The molecule has 1 unspecified atom stereocenters. The molecule has 0 radical (unpaired) electrons. The molecule has 1 aromatic heterocycles. The molecule has 3 rings (SSSR count). The number of hydrogen-bond donors (Lipinski definition) is 0. The normalized spacial score (nSPS) is 17.0. The van der Waals surface area contributed by atoms with Crippen LogP contribution in [0.2, 0.25) is 5.02 Å². The van der Waals surface area contributed by atoms with Crippen LogP contribution in [0.15, 0.2) is 48.8 Å². The molecule has 1 atom stereocenters.